The molecule has 27 heavy (non-hydrogen) atoms. The molecule has 0 atom stereocenters. The van der Waals surface area contributed by atoms with Gasteiger partial charge in [-0.1, -0.05) is 16.4 Å². The van der Waals surface area contributed by atoms with Crippen LogP contribution in [0.4, 0.5) is 4.39 Å². The molecular formula is C14H17B6FN2O4. The topological polar surface area (TPSA) is 99.5 Å². The number of carboxylic acids is 1. The summed E-state index contributed by atoms with van der Waals surface area (Å²) in [5.41, 5.74) is 4.50. The van der Waals surface area contributed by atoms with E-state index in [0.29, 0.717) is 33.1 Å². The van der Waals surface area contributed by atoms with Gasteiger partial charge in [-0.2, -0.15) is 0 Å². The quantitative estimate of drug-likeness (QED) is 0.470. The SMILES string of the molecule is Bc1nc(C(=O)NCC(=O)O)c(O)c(B)c1-c1c(B)c(B)c(B)c(F)c1B. The van der Waals surface area contributed by atoms with Crippen LogP contribution in [0.15, 0.2) is 0 Å². The van der Waals surface area contributed by atoms with Crippen molar-refractivity contribution in [1.82, 2.24) is 10.3 Å². The zero-order valence-corrected chi connectivity index (χ0v) is 16.2. The lowest BCUT2D eigenvalue weighted by Crippen LogP contribution is -2.48. The molecule has 0 aliphatic heterocycles. The molecule has 1 amide bonds. The molecule has 0 fully saturated rings. The number of carboxylic acid groups (broad SMARTS) is 1. The van der Waals surface area contributed by atoms with Crippen LogP contribution in [0.1, 0.15) is 10.5 Å². The van der Waals surface area contributed by atoms with Gasteiger partial charge in [0.15, 0.2) is 13.5 Å². The number of aliphatic carboxylic acids is 1. The lowest BCUT2D eigenvalue weighted by molar-refractivity contribution is -0.135. The highest BCUT2D eigenvalue weighted by molar-refractivity contribution is 6.62. The molecular weight excluding hydrogens is 344 g/mol. The van der Waals surface area contributed by atoms with Crippen LogP contribution in [0, 0.1) is 5.82 Å². The standard InChI is InChI=1S/C14H17B6FN2O4/c15-5-3(6(16)10(21)9(19)8(5)18)4-7(17)12(26)11(23-13(4)20)14(27)22-1-2(24)25/h26H,1,15-20H2,(H,22,27)(H,24,25). The maximum Gasteiger partial charge on any atom is 0.322 e. The van der Waals surface area contributed by atoms with Crippen molar-refractivity contribution in [2.24, 2.45) is 0 Å². The van der Waals surface area contributed by atoms with E-state index < -0.39 is 18.4 Å². The average molecular weight is 361 g/mol. The predicted octanol–water partition coefficient (Wildman–Crippen LogP) is -9.04. The number of carbonyl (C=O) groups is 2. The number of benzene rings is 1. The third-order valence-corrected chi connectivity index (χ3v) is 4.99. The lowest BCUT2D eigenvalue weighted by atomic mass is 9.63. The summed E-state index contributed by atoms with van der Waals surface area (Å²) in [7, 11) is 10.4. The van der Waals surface area contributed by atoms with Gasteiger partial charge in [0.2, 0.25) is 0 Å². The van der Waals surface area contributed by atoms with E-state index in [1.807, 2.05) is 15.7 Å². The van der Waals surface area contributed by atoms with Crippen molar-refractivity contribution < 1.29 is 24.2 Å². The van der Waals surface area contributed by atoms with Crippen molar-refractivity contribution >= 4 is 91.9 Å². The number of aromatic nitrogens is 1. The van der Waals surface area contributed by atoms with Gasteiger partial charge in [0.25, 0.3) is 5.91 Å². The molecule has 2 rings (SSSR count). The van der Waals surface area contributed by atoms with E-state index in [1.165, 1.54) is 0 Å². The van der Waals surface area contributed by atoms with E-state index in [-0.39, 0.29) is 17.3 Å². The number of halogens is 1. The Balaban J connectivity index is 2.71. The Kier molecular flexibility index (Phi) is 5.82. The Labute approximate surface area is 161 Å². The molecule has 0 radical (unpaired) electrons. The zero-order valence-electron chi connectivity index (χ0n) is 16.2. The van der Waals surface area contributed by atoms with E-state index in [9.17, 15) is 19.1 Å². The first-order valence-electron chi connectivity index (χ1n) is 8.45. The van der Waals surface area contributed by atoms with Crippen molar-refractivity contribution in [3.63, 3.8) is 0 Å². The van der Waals surface area contributed by atoms with Crippen LogP contribution in [-0.2, 0) is 4.79 Å². The van der Waals surface area contributed by atoms with Gasteiger partial charge in [-0.25, -0.2) is 4.39 Å². The number of nitrogens with zero attached hydrogens (tertiary/aromatic N) is 1. The molecule has 0 saturated carbocycles. The number of nitrogens with one attached hydrogen (secondary N) is 1. The molecule has 1 heterocycles. The van der Waals surface area contributed by atoms with Crippen molar-refractivity contribution in [2.45, 2.75) is 0 Å². The first kappa shape index (κ1) is 20.7. The van der Waals surface area contributed by atoms with Crippen LogP contribution < -0.4 is 38.2 Å². The highest BCUT2D eigenvalue weighted by Crippen LogP contribution is 2.17. The minimum atomic E-state index is -1.20. The number of rotatable bonds is 4. The molecule has 1 aromatic carbocycles. The van der Waals surface area contributed by atoms with Gasteiger partial charge in [-0.05, 0) is 22.1 Å². The smallest absolute Gasteiger partial charge is 0.322 e. The first-order chi connectivity index (χ1) is 12.5. The monoisotopic (exact) mass is 362 g/mol. The summed E-state index contributed by atoms with van der Waals surface area (Å²) in [6.45, 7) is -0.583. The number of hydrogen-bond acceptors (Lipinski definition) is 4. The number of pyridine rings is 1. The highest BCUT2D eigenvalue weighted by Gasteiger charge is 2.24. The fourth-order valence-electron chi connectivity index (χ4n) is 3.29. The minimum absolute atomic E-state index is 0.255. The lowest BCUT2D eigenvalue weighted by Gasteiger charge is -2.22. The Morgan fingerprint density at radius 3 is 2.07 bits per heavy atom. The van der Waals surface area contributed by atoms with Gasteiger partial charge in [0.05, 0.1) is 0 Å². The molecule has 0 unspecified atom stereocenters. The Bertz CT molecular complexity index is 956. The van der Waals surface area contributed by atoms with Crippen LogP contribution in [0.25, 0.3) is 11.1 Å². The maximum absolute atomic E-state index is 14.7. The molecule has 132 valence electrons. The van der Waals surface area contributed by atoms with Crippen molar-refractivity contribution in [3.05, 3.63) is 11.5 Å². The van der Waals surface area contributed by atoms with Crippen molar-refractivity contribution in [3.8, 4) is 16.9 Å². The molecule has 3 N–H and O–H groups in total. The van der Waals surface area contributed by atoms with Gasteiger partial charge in [0, 0.05) is 5.59 Å². The summed E-state index contributed by atoms with van der Waals surface area (Å²) in [5.74, 6) is -2.65. The Morgan fingerprint density at radius 1 is 0.926 bits per heavy atom. The Morgan fingerprint density at radius 2 is 1.52 bits per heavy atom. The van der Waals surface area contributed by atoms with Crippen molar-refractivity contribution in [1.29, 1.82) is 0 Å². The number of aromatic hydroxyl groups is 1. The normalized spacial score (nSPS) is 10.6. The molecule has 1 aromatic heterocycles. The Hall–Kier alpha value is -2.57. The second-order valence-electron chi connectivity index (χ2n) is 6.66. The average Bonchev–Trinajstić information content (AvgIpc) is 2.62. The molecule has 0 aliphatic rings. The molecule has 13 heteroatoms. The number of hydrogen-bond donors (Lipinski definition) is 3. The van der Waals surface area contributed by atoms with Gasteiger partial charge in [-0.3, -0.25) is 14.6 Å². The highest BCUT2D eigenvalue weighted by atomic mass is 19.1. The van der Waals surface area contributed by atoms with E-state index >= 15 is 0 Å². The molecule has 2 aromatic rings. The predicted molar refractivity (Wildman–Crippen MR) is 120 cm³/mol. The fraction of sp³-hybridized carbons (Fsp3) is 0.0714. The molecule has 0 saturated heterocycles. The van der Waals surface area contributed by atoms with E-state index in [1.54, 1.807) is 31.4 Å². The molecule has 0 spiro atoms. The second kappa shape index (κ2) is 7.58. The van der Waals surface area contributed by atoms with Crippen LogP contribution in [0.3, 0.4) is 0 Å². The third kappa shape index (κ3) is 3.63. The van der Waals surface area contributed by atoms with Gasteiger partial charge >= 0.3 is 5.97 Å². The maximum atomic E-state index is 14.7. The summed E-state index contributed by atoms with van der Waals surface area (Å²) >= 11 is 0. The summed E-state index contributed by atoms with van der Waals surface area (Å²) in [6, 6.07) is 0. The van der Waals surface area contributed by atoms with E-state index in [4.69, 9.17) is 5.11 Å². The van der Waals surface area contributed by atoms with E-state index in [0.717, 1.165) is 10.9 Å². The van der Waals surface area contributed by atoms with Gasteiger partial charge in [-0.15, -0.1) is 0 Å². The fourth-order valence-corrected chi connectivity index (χ4v) is 3.29. The summed E-state index contributed by atoms with van der Waals surface area (Å²) in [6.07, 6.45) is 0. The van der Waals surface area contributed by atoms with Crippen LogP contribution >= 0.6 is 0 Å². The minimum Gasteiger partial charge on any atom is -0.506 e. The largest absolute Gasteiger partial charge is 0.506 e. The second-order valence-corrected chi connectivity index (χ2v) is 6.66. The van der Waals surface area contributed by atoms with Gasteiger partial charge < -0.3 is 15.5 Å². The van der Waals surface area contributed by atoms with Crippen LogP contribution in [0.5, 0.6) is 5.75 Å². The number of amides is 1. The zero-order chi connectivity index (χ0) is 20.6. The van der Waals surface area contributed by atoms with Crippen LogP contribution in [0.2, 0.25) is 0 Å². The summed E-state index contributed by atoms with van der Waals surface area (Å²) in [5, 5.41) is 21.4. The first-order valence-corrected chi connectivity index (χ1v) is 8.45. The summed E-state index contributed by atoms with van der Waals surface area (Å²) in [4.78, 5) is 27.0. The van der Waals surface area contributed by atoms with Gasteiger partial charge in [0.1, 0.15) is 57.3 Å². The molecule has 6 nitrogen and oxygen atoms in total. The van der Waals surface area contributed by atoms with Crippen LogP contribution in [-0.4, -0.2) is 80.7 Å². The molecule has 0 bridgehead atoms. The summed E-state index contributed by atoms with van der Waals surface area (Å²) < 4.78 is 14.7. The van der Waals surface area contributed by atoms with E-state index in [2.05, 4.69) is 10.3 Å². The third-order valence-electron chi connectivity index (χ3n) is 4.99. The number of carbonyl (C=O) groups excluding carboxylic acids is 1. The van der Waals surface area contributed by atoms with Crippen molar-refractivity contribution in [2.75, 3.05) is 6.54 Å². The molecule has 0 aliphatic carbocycles.